The summed E-state index contributed by atoms with van der Waals surface area (Å²) >= 11 is 6.12. The smallest absolute Gasteiger partial charge is 0.248 e. The summed E-state index contributed by atoms with van der Waals surface area (Å²) in [5, 5.41) is 17.7. The lowest BCUT2D eigenvalue weighted by atomic mass is 10.0. The lowest BCUT2D eigenvalue weighted by Crippen LogP contribution is -2.38. The molecule has 2 heterocycles. The first kappa shape index (κ1) is 20.9. The number of hydrogen-bond donors (Lipinski definition) is 3. The first-order chi connectivity index (χ1) is 14.8. The van der Waals surface area contributed by atoms with Gasteiger partial charge in [-0.15, -0.1) is 0 Å². The molecule has 7 heteroatoms. The van der Waals surface area contributed by atoms with E-state index in [0.717, 1.165) is 33.8 Å². The maximum atomic E-state index is 11.7. The van der Waals surface area contributed by atoms with Gasteiger partial charge in [-0.3, -0.25) is 20.5 Å². The molecule has 158 valence electrons. The molecule has 0 bridgehead atoms. The van der Waals surface area contributed by atoms with Gasteiger partial charge < -0.3 is 9.88 Å². The molecule has 0 spiro atoms. The van der Waals surface area contributed by atoms with Gasteiger partial charge in [0, 0.05) is 41.0 Å². The highest BCUT2D eigenvalue weighted by Crippen LogP contribution is 2.41. The Bertz CT molecular complexity index is 1230. The average Bonchev–Trinajstić information content (AvgIpc) is 2.83. The molecule has 1 aliphatic rings. The molecule has 1 aliphatic heterocycles. The minimum absolute atomic E-state index is 0.0957. The molecule has 6 nitrogen and oxygen atoms in total. The van der Waals surface area contributed by atoms with E-state index in [2.05, 4.69) is 16.0 Å². The van der Waals surface area contributed by atoms with Crippen molar-refractivity contribution in [1.82, 2.24) is 4.98 Å². The van der Waals surface area contributed by atoms with Crippen molar-refractivity contribution in [2.75, 3.05) is 16.3 Å². The van der Waals surface area contributed by atoms with E-state index >= 15 is 0 Å². The monoisotopic (exact) mass is 433 g/mol. The van der Waals surface area contributed by atoms with Crippen molar-refractivity contribution in [3.05, 3.63) is 75.7 Å². The van der Waals surface area contributed by atoms with Crippen LogP contribution in [-0.2, 0) is 0 Å². The zero-order valence-electron chi connectivity index (χ0n) is 17.7. The predicted octanol–water partition coefficient (Wildman–Crippen LogP) is 5.57. The standard InChI is InChI=1S/C24H24ClN5O/c1-14-10-23(31)28-12-20(14)17-4-9-21-22(11-17)29(19-7-5-18(25)6-8-19)13-15(2)24(27)30(21)16(3)26/h4-12,15,26-27H,13H2,1-3H3,(H,28,31)/t15-/m1/s1. The van der Waals surface area contributed by atoms with Crippen LogP contribution >= 0.6 is 11.6 Å². The zero-order valence-corrected chi connectivity index (χ0v) is 18.4. The third-order valence-corrected chi connectivity index (χ3v) is 5.84. The summed E-state index contributed by atoms with van der Waals surface area (Å²) in [6, 6.07) is 15.2. The van der Waals surface area contributed by atoms with Crippen molar-refractivity contribution in [3.63, 3.8) is 0 Å². The van der Waals surface area contributed by atoms with Gasteiger partial charge in [-0.2, -0.15) is 0 Å². The number of H-pyrrole nitrogens is 1. The highest BCUT2D eigenvalue weighted by atomic mass is 35.5. The Morgan fingerprint density at radius 2 is 1.84 bits per heavy atom. The number of aromatic nitrogens is 1. The van der Waals surface area contributed by atoms with E-state index in [-0.39, 0.29) is 11.5 Å². The number of pyridine rings is 1. The van der Waals surface area contributed by atoms with Gasteiger partial charge in [-0.25, -0.2) is 0 Å². The Labute approximate surface area is 186 Å². The van der Waals surface area contributed by atoms with Crippen LogP contribution in [-0.4, -0.2) is 23.2 Å². The minimum atomic E-state index is -0.133. The predicted molar refractivity (Wildman–Crippen MR) is 128 cm³/mol. The largest absolute Gasteiger partial charge is 0.339 e. The highest BCUT2D eigenvalue weighted by molar-refractivity contribution is 6.30. The Hall–Kier alpha value is -3.38. The second-order valence-corrected chi connectivity index (χ2v) is 8.33. The van der Waals surface area contributed by atoms with Crippen LogP contribution in [0.15, 0.2) is 59.5 Å². The highest BCUT2D eigenvalue weighted by Gasteiger charge is 2.31. The Balaban J connectivity index is 1.96. The molecule has 0 saturated carbocycles. The van der Waals surface area contributed by atoms with Crippen LogP contribution in [0, 0.1) is 23.7 Å². The van der Waals surface area contributed by atoms with Gasteiger partial charge in [-0.05, 0) is 61.4 Å². The summed E-state index contributed by atoms with van der Waals surface area (Å²) in [7, 11) is 0. The average molecular weight is 434 g/mol. The molecular formula is C24H24ClN5O. The fraction of sp³-hybridized carbons (Fsp3) is 0.208. The fourth-order valence-electron chi connectivity index (χ4n) is 4.02. The van der Waals surface area contributed by atoms with Crippen LogP contribution in [0.2, 0.25) is 5.02 Å². The summed E-state index contributed by atoms with van der Waals surface area (Å²) < 4.78 is 0. The second kappa shape index (κ2) is 8.04. The molecule has 4 rings (SSSR count). The third-order valence-electron chi connectivity index (χ3n) is 5.59. The van der Waals surface area contributed by atoms with E-state index in [0.29, 0.717) is 23.2 Å². The molecule has 0 unspecified atom stereocenters. The zero-order chi connectivity index (χ0) is 22.3. The van der Waals surface area contributed by atoms with Gasteiger partial charge in [0.05, 0.1) is 11.4 Å². The maximum Gasteiger partial charge on any atom is 0.248 e. The number of aryl methyl sites for hydroxylation is 1. The molecule has 1 aromatic heterocycles. The van der Waals surface area contributed by atoms with Gasteiger partial charge in [-0.1, -0.05) is 24.6 Å². The number of amidine groups is 2. The maximum absolute atomic E-state index is 11.7. The van der Waals surface area contributed by atoms with E-state index in [1.807, 2.05) is 50.2 Å². The summed E-state index contributed by atoms with van der Waals surface area (Å²) in [4.78, 5) is 18.3. The molecule has 3 N–H and O–H groups in total. The molecular weight excluding hydrogens is 410 g/mol. The van der Waals surface area contributed by atoms with Crippen molar-refractivity contribution in [2.24, 2.45) is 5.92 Å². The number of nitrogens with one attached hydrogen (secondary N) is 3. The molecule has 1 atom stereocenters. The molecule has 0 saturated heterocycles. The van der Waals surface area contributed by atoms with E-state index < -0.39 is 0 Å². The van der Waals surface area contributed by atoms with Gasteiger partial charge in [0.15, 0.2) is 0 Å². The number of rotatable bonds is 2. The van der Waals surface area contributed by atoms with Gasteiger partial charge in [0.2, 0.25) is 5.56 Å². The van der Waals surface area contributed by atoms with Crippen LogP contribution in [0.4, 0.5) is 17.1 Å². The summed E-state index contributed by atoms with van der Waals surface area (Å²) in [5.74, 6) is 0.587. The molecule has 0 fully saturated rings. The third kappa shape index (κ3) is 3.86. The molecule has 2 aromatic carbocycles. The lowest BCUT2D eigenvalue weighted by molar-refractivity contribution is 0.757. The SMILES string of the molecule is CC(=N)N1C(=N)[C@H](C)CN(c2ccc(Cl)cc2)c2cc(-c3c[nH]c(=O)cc3C)ccc21. The van der Waals surface area contributed by atoms with Crippen molar-refractivity contribution < 1.29 is 0 Å². The van der Waals surface area contributed by atoms with Crippen LogP contribution in [0.5, 0.6) is 0 Å². The van der Waals surface area contributed by atoms with Crippen molar-refractivity contribution >= 4 is 40.3 Å². The summed E-state index contributed by atoms with van der Waals surface area (Å²) in [6.07, 6.45) is 1.73. The quantitative estimate of drug-likeness (QED) is 0.364. The normalized spacial score (nSPS) is 16.1. The van der Waals surface area contributed by atoms with E-state index in [4.69, 9.17) is 22.4 Å². The Morgan fingerprint density at radius 1 is 1.13 bits per heavy atom. The number of fused-ring (bicyclic) bond motifs is 1. The molecule has 0 radical (unpaired) electrons. The first-order valence-electron chi connectivity index (χ1n) is 10.1. The Kier molecular flexibility index (Phi) is 5.41. The molecule has 3 aromatic rings. The van der Waals surface area contributed by atoms with E-state index in [9.17, 15) is 4.79 Å². The number of benzene rings is 2. The van der Waals surface area contributed by atoms with Crippen LogP contribution < -0.4 is 15.4 Å². The molecule has 0 amide bonds. The van der Waals surface area contributed by atoms with Crippen molar-refractivity contribution in [2.45, 2.75) is 20.8 Å². The summed E-state index contributed by atoms with van der Waals surface area (Å²) in [5.41, 5.74) is 5.28. The lowest BCUT2D eigenvalue weighted by Gasteiger charge is -2.28. The second-order valence-electron chi connectivity index (χ2n) is 7.89. The van der Waals surface area contributed by atoms with Crippen LogP contribution in [0.25, 0.3) is 11.1 Å². The van der Waals surface area contributed by atoms with Crippen LogP contribution in [0.3, 0.4) is 0 Å². The van der Waals surface area contributed by atoms with Crippen molar-refractivity contribution in [3.8, 4) is 11.1 Å². The molecule has 0 aliphatic carbocycles. The number of anilines is 3. The number of nitrogens with zero attached hydrogens (tertiary/aromatic N) is 2. The minimum Gasteiger partial charge on any atom is -0.339 e. The Morgan fingerprint density at radius 3 is 2.48 bits per heavy atom. The molecule has 31 heavy (non-hydrogen) atoms. The number of halogens is 1. The summed E-state index contributed by atoms with van der Waals surface area (Å²) in [6.45, 7) is 6.20. The van der Waals surface area contributed by atoms with Gasteiger partial charge in [0.25, 0.3) is 0 Å². The topological polar surface area (TPSA) is 87.0 Å². The van der Waals surface area contributed by atoms with E-state index in [1.54, 1.807) is 24.1 Å². The number of hydrogen-bond acceptors (Lipinski definition) is 4. The van der Waals surface area contributed by atoms with Crippen molar-refractivity contribution in [1.29, 1.82) is 10.8 Å². The van der Waals surface area contributed by atoms with Gasteiger partial charge >= 0.3 is 0 Å². The number of aromatic amines is 1. The van der Waals surface area contributed by atoms with E-state index in [1.165, 1.54) is 0 Å². The van der Waals surface area contributed by atoms with Gasteiger partial charge in [0.1, 0.15) is 11.7 Å². The first-order valence-corrected chi connectivity index (χ1v) is 10.4. The van der Waals surface area contributed by atoms with Crippen LogP contribution in [0.1, 0.15) is 19.4 Å². The fourth-order valence-corrected chi connectivity index (χ4v) is 4.14.